The Bertz CT molecular complexity index is 351. The number of H-pyrrole nitrogens is 1. The van der Waals surface area contributed by atoms with Crippen LogP contribution in [0.3, 0.4) is 0 Å². The summed E-state index contributed by atoms with van der Waals surface area (Å²) < 4.78 is 37.2. The Kier molecular flexibility index (Phi) is 8.58. The fraction of sp³-hybridized carbons (Fsp3) is 0.667. The Hall–Kier alpha value is -0.430. The Labute approximate surface area is 129 Å². The van der Waals surface area contributed by atoms with Gasteiger partial charge in [0.05, 0.1) is 6.04 Å². The summed E-state index contributed by atoms with van der Waals surface area (Å²) in [6.45, 7) is 3.26. The summed E-state index contributed by atoms with van der Waals surface area (Å²) in [5.74, 6) is 0. The molecule has 20 heavy (non-hydrogen) atoms. The van der Waals surface area contributed by atoms with Gasteiger partial charge in [-0.2, -0.15) is 13.2 Å². The Morgan fingerprint density at radius 1 is 1.20 bits per heavy atom. The molecular formula is C12H20Cl2F3N3. The maximum Gasteiger partial charge on any atom is 0.389 e. The summed E-state index contributed by atoms with van der Waals surface area (Å²) in [6.07, 6.45) is -2.94. The standard InChI is InChI=1S/C12H18F3N3.2ClH/c13-12(14,15)4-3-11(10-2-1-5-17-10)18-8-6-16-7-9-18;;/h1-2,5,11,16-17H,3-4,6-9H2;2*1H/t11-;;/m0../s1. The zero-order chi connectivity index (χ0) is 13.0. The van der Waals surface area contributed by atoms with Gasteiger partial charge in [0.2, 0.25) is 0 Å². The first-order valence-corrected chi connectivity index (χ1v) is 6.21. The van der Waals surface area contributed by atoms with Crippen LogP contribution in [0, 0.1) is 0 Å². The van der Waals surface area contributed by atoms with Gasteiger partial charge in [-0.1, -0.05) is 0 Å². The van der Waals surface area contributed by atoms with E-state index in [0.29, 0.717) is 0 Å². The number of nitrogens with zero attached hydrogens (tertiary/aromatic N) is 1. The van der Waals surface area contributed by atoms with E-state index >= 15 is 0 Å². The molecule has 2 N–H and O–H groups in total. The topological polar surface area (TPSA) is 31.1 Å². The zero-order valence-electron chi connectivity index (χ0n) is 10.9. The third-order valence-corrected chi connectivity index (χ3v) is 3.27. The molecule has 1 aromatic rings. The second kappa shape index (κ2) is 8.77. The van der Waals surface area contributed by atoms with Gasteiger partial charge in [-0.25, -0.2) is 0 Å². The number of rotatable bonds is 4. The second-order valence-corrected chi connectivity index (χ2v) is 4.58. The minimum atomic E-state index is -4.08. The molecule has 0 aliphatic carbocycles. The summed E-state index contributed by atoms with van der Waals surface area (Å²) in [4.78, 5) is 5.16. The molecule has 3 nitrogen and oxygen atoms in total. The lowest BCUT2D eigenvalue weighted by Crippen LogP contribution is -2.45. The monoisotopic (exact) mass is 333 g/mol. The van der Waals surface area contributed by atoms with Crippen LogP contribution in [0.15, 0.2) is 18.3 Å². The average Bonchev–Trinajstić information content (AvgIpc) is 2.83. The van der Waals surface area contributed by atoms with Crippen molar-refractivity contribution in [2.75, 3.05) is 26.2 Å². The van der Waals surface area contributed by atoms with Crippen LogP contribution in [0.2, 0.25) is 0 Å². The molecule has 0 saturated carbocycles. The van der Waals surface area contributed by atoms with Crippen LogP contribution in [-0.2, 0) is 0 Å². The fourth-order valence-corrected chi connectivity index (χ4v) is 2.38. The van der Waals surface area contributed by atoms with Gasteiger partial charge in [0.1, 0.15) is 0 Å². The van der Waals surface area contributed by atoms with Gasteiger partial charge in [-0.3, -0.25) is 4.90 Å². The van der Waals surface area contributed by atoms with Crippen LogP contribution in [0.5, 0.6) is 0 Å². The van der Waals surface area contributed by atoms with Gasteiger partial charge in [-0.05, 0) is 18.6 Å². The first-order valence-electron chi connectivity index (χ1n) is 6.21. The highest BCUT2D eigenvalue weighted by Crippen LogP contribution is 2.30. The number of piperazine rings is 1. The van der Waals surface area contributed by atoms with Gasteiger partial charge in [0.15, 0.2) is 0 Å². The largest absolute Gasteiger partial charge is 0.389 e. The average molecular weight is 334 g/mol. The van der Waals surface area contributed by atoms with E-state index in [1.807, 2.05) is 12.1 Å². The maximum atomic E-state index is 12.4. The van der Waals surface area contributed by atoms with Gasteiger partial charge in [-0.15, -0.1) is 24.8 Å². The fourth-order valence-electron chi connectivity index (χ4n) is 2.38. The molecule has 118 valence electrons. The van der Waals surface area contributed by atoms with Gasteiger partial charge in [0.25, 0.3) is 0 Å². The first kappa shape index (κ1) is 19.6. The van der Waals surface area contributed by atoms with E-state index in [2.05, 4.69) is 15.2 Å². The lowest BCUT2D eigenvalue weighted by Gasteiger charge is -2.34. The van der Waals surface area contributed by atoms with Crippen molar-refractivity contribution in [3.05, 3.63) is 24.0 Å². The van der Waals surface area contributed by atoms with Crippen LogP contribution in [0.4, 0.5) is 13.2 Å². The molecule has 0 aromatic carbocycles. The molecule has 0 bridgehead atoms. The summed E-state index contributed by atoms with van der Waals surface area (Å²) in [5, 5.41) is 3.21. The van der Waals surface area contributed by atoms with Crippen LogP contribution in [0.25, 0.3) is 0 Å². The molecule has 0 amide bonds. The van der Waals surface area contributed by atoms with Crippen LogP contribution in [0.1, 0.15) is 24.6 Å². The molecule has 1 saturated heterocycles. The van der Waals surface area contributed by atoms with Crippen molar-refractivity contribution >= 4 is 24.8 Å². The van der Waals surface area contributed by atoms with Gasteiger partial charge in [0, 0.05) is 44.5 Å². The summed E-state index contributed by atoms with van der Waals surface area (Å²) in [6, 6.07) is 3.53. The molecule has 1 aliphatic heterocycles. The van der Waals surface area contributed by atoms with Crippen LogP contribution < -0.4 is 5.32 Å². The lowest BCUT2D eigenvalue weighted by molar-refractivity contribution is -0.138. The molecule has 1 aromatic heterocycles. The number of halogens is 5. The molecule has 2 heterocycles. The molecule has 2 rings (SSSR count). The predicted octanol–water partition coefficient (Wildman–Crippen LogP) is 3.15. The molecule has 1 atom stereocenters. The molecular weight excluding hydrogens is 314 g/mol. The van der Waals surface area contributed by atoms with Gasteiger partial charge < -0.3 is 10.3 Å². The number of aromatic amines is 1. The minimum absolute atomic E-state index is 0. The van der Waals surface area contributed by atoms with Crippen molar-refractivity contribution in [3.63, 3.8) is 0 Å². The highest BCUT2D eigenvalue weighted by atomic mass is 35.5. The van der Waals surface area contributed by atoms with E-state index in [9.17, 15) is 13.2 Å². The molecule has 1 fully saturated rings. The summed E-state index contributed by atoms with van der Waals surface area (Å²) >= 11 is 0. The SMILES string of the molecule is Cl.Cl.FC(F)(F)CC[C@@H](c1ccc[nH]1)N1CCNCC1. The molecule has 0 spiro atoms. The highest BCUT2D eigenvalue weighted by Gasteiger charge is 2.31. The number of hydrogen-bond donors (Lipinski definition) is 2. The second-order valence-electron chi connectivity index (χ2n) is 4.58. The van der Waals surface area contributed by atoms with E-state index in [-0.39, 0.29) is 37.3 Å². The zero-order valence-corrected chi connectivity index (χ0v) is 12.6. The van der Waals surface area contributed by atoms with Crippen molar-refractivity contribution in [2.45, 2.75) is 25.1 Å². The van der Waals surface area contributed by atoms with Crippen LogP contribution in [-0.4, -0.2) is 42.2 Å². The van der Waals surface area contributed by atoms with E-state index in [0.717, 1.165) is 31.9 Å². The van der Waals surface area contributed by atoms with Gasteiger partial charge >= 0.3 is 6.18 Å². The Morgan fingerprint density at radius 2 is 1.85 bits per heavy atom. The lowest BCUT2D eigenvalue weighted by atomic mass is 10.1. The van der Waals surface area contributed by atoms with E-state index in [1.165, 1.54) is 0 Å². The highest BCUT2D eigenvalue weighted by molar-refractivity contribution is 5.85. The van der Waals surface area contributed by atoms with Crippen molar-refractivity contribution in [2.24, 2.45) is 0 Å². The van der Waals surface area contributed by atoms with Crippen LogP contribution >= 0.6 is 24.8 Å². The minimum Gasteiger partial charge on any atom is -0.364 e. The normalized spacial score (nSPS) is 17.9. The number of hydrogen-bond acceptors (Lipinski definition) is 2. The smallest absolute Gasteiger partial charge is 0.364 e. The Balaban J connectivity index is 0.00000180. The summed E-state index contributed by atoms with van der Waals surface area (Å²) in [5.41, 5.74) is 0.876. The third-order valence-electron chi connectivity index (χ3n) is 3.27. The quantitative estimate of drug-likeness (QED) is 0.886. The van der Waals surface area contributed by atoms with Crippen molar-refractivity contribution in [1.29, 1.82) is 0 Å². The number of alkyl halides is 3. The third kappa shape index (κ3) is 5.91. The van der Waals surface area contributed by atoms with Crippen molar-refractivity contribution < 1.29 is 13.2 Å². The van der Waals surface area contributed by atoms with E-state index in [1.54, 1.807) is 6.20 Å². The van der Waals surface area contributed by atoms with Crippen molar-refractivity contribution in [3.8, 4) is 0 Å². The molecule has 0 unspecified atom stereocenters. The molecule has 0 radical (unpaired) electrons. The molecule has 8 heteroatoms. The maximum absolute atomic E-state index is 12.4. The number of nitrogens with one attached hydrogen (secondary N) is 2. The van der Waals surface area contributed by atoms with E-state index < -0.39 is 12.6 Å². The summed E-state index contributed by atoms with van der Waals surface area (Å²) in [7, 11) is 0. The predicted molar refractivity (Wildman–Crippen MR) is 77.8 cm³/mol. The van der Waals surface area contributed by atoms with Crippen molar-refractivity contribution in [1.82, 2.24) is 15.2 Å². The first-order chi connectivity index (χ1) is 8.56. The van der Waals surface area contributed by atoms with E-state index in [4.69, 9.17) is 0 Å². The Morgan fingerprint density at radius 3 is 2.35 bits per heavy atom. The number of aromatic nitrogens is 1. The molecule has 1 aliphatic rings.